The van der Waals surface area contributed by atoms with Gasteiger partial charge >= 0.3 is 0 Å². The van der Waals surface area contributed by atoms with E-state index in [2.05, 4.69) is 23.9 Å². The molecule has 0 radical (unpaired) electrons. The summed E-state index contributed by atoms with van der Waals surface area (Å²) < 4.78 is 33.1. The van der Waals surface area contributed by atoms with Crippen LogP contribution in [0.3, 0.4) is 0 Å². The van der Waals surface area contributed by atoms with Crippen molar-refractivity contribution >= 4 is 21.0 Å². The zero-order valence-corrected chi connectivity index (χ0v) is 15.8. The molecule has 0 aliphatic rings. The van der Waals surface area contributed by atoms with Crippen LogP contribution in [0.25, 0.3) is 11.0 Å². The van der Waals surface area contributed by atoms with Crippen molar-refractivity contribution in [1.82, 2.24) is 10.0 Å². The first-order valence-electron chi connectivity index (χ1n) is 8.74. The highest BCUT2D eigenvalue weighted by molar-refractivity contribution is 7.89. The molecule has 1 aromatic heterocycles. The number of benzene rings is 2. The number of fused-ring (bicyclic) bond motifs is 1. The van der Waals surface area contributed by atoms with Gasteiger partial charge in [0.05, 0.1) is 10.9 Å². The summed E-state index contributed by atoms with van der Waals surface area (Å²) in [5.74, 6) is 1.17. The van der Waals surface area contributed by atoms with E-state index in [1.54, 1.807) is 30.3 Å². The van der Waals surface area contributed by atoms with E-state index in [1.807, 2.05) is 30.3 Å². The lowest BCUT2D eigenvalue weighted by atomic mass is 10.0. The summed E-state index contributed by atoms with van der Waals surface area (Å²) in [6.45, 7) is 5.03. The van der Waals surface area contributed by atoms with E-state index in [9.17, 15) is 8.42 Å². The summed E-state index contributed by atoms with van der Waals surface area (Å²) in [6.07, 6.45) is 0. The fourth-order valence-electron chi connectivity index (χ4n) is 2.92. The Labute approximate surface area is 154 Å². The van der Waals surface area contributed by atoms with Crippen LogP contribution in [0.2, 0.25) is 0 Å². The molecule has 0 spiro atoms. The largest absolute Gasteiger partial charge is 0.459 e. The molecule has 3 rings (SSSR count). The zero-order chi connectivity index (χ0) is 18.6. The molecule has 3 aromatic rings. The first kappa shape index (κ1) is 18.6. The second kappa shape index (κ2) is 8.03. The smallest absolute Gasteiger partial charge is 0.240 e. The van der Waals surface area contributed by atoms with Crippen molar-refractivity contribution < 1.29 is 12.8 Å². The van der Waals surface area contributed by atoms with Gasteiger partial charge in [-0.2, -0.15) is 0 Å². The molecule has 0 fully saturated rings. The van der Waals surface area contributed by atoms with Crippen LogP contribution in [0.4, 0.5) is 0 Å². The third kappa shape index (κ3) is 4.33. The van der Waals surface area contributed by atoms with Gasteiger partial charge in [0.2, 0.25) is 10.0 Å². The lowest BCUT2D eigenvalue weighted by molar-refractivity contribution is 0.353. The Bertz CT molecular complexity index is 916. The van der Waals surface area contributed by atoms with Crippen molar-refractivity contribution in [2.24, 2.45) is 5.92 Å². The Morgan fingerprint density at radius 3 is 2.35 bits per heavy atom. The fraction of sp³-hybridized carbons (Fsp3) is 0.300. The van der Waals surface area contributed by atoms with E-state index in [-0.39, 0.29) is 10.9 Å². The number of hydrogen-bond donors (Lipinski definition) is 2. The molecule has 1 unspecified atom stereocenters. The quantitative estimate of drug-likeness (QED) is 0.592. The minimum Gasteiger partial charge on any atom is -0.459 e. The molecule has 0 aliphatic heterocycles. The fourth-order valence-corrected chi connectivity index (χ4v) is 3.97. The number of furan rings is 1. The minimum absolute atomic E-state index is 0.0172. The summed E-state index contributed by atoms with van der Waals surface area (Å²) in [6, 6.07) is 18.3. The van der Waals surface area contributed by atoms with Crippen LogP contribution in [-0.4, -0.2) is 21.5 Å². The predicted molar refractivity (Wildman–Crippen MR) is 103 cm³/mol. The Morgan fingerprint density at radius 2 is 1.65 bits per heavy atom. The molecule has 26 heavy (non-hydrogen) atoms. The summed E-state index contributed by atoms with van der Waals surface area (Å²) in [5.41, 5.74) is 0.861. The first-order valence-corrected chi connectivity index (χ1v) is 10.2. The number of sulfonamides is 1. The maximum Gasteiger partial charge on any atom is 0.240 e. The highest BCUT2D eigenvalue weighted by atomic mass is 32.2. The Hall–Kier alpha value is -2.15. The highest BCUT2D eigenvalue weighted by Crippen LogP contribution is 2.28. The molecule has 5 nitrogen and oxygen atoms in total. The predicted octanol–water partition coefficient (Wildman–Crippen LogP) is 3.70. The number of nitrogens with one attached hydrogen (secondary N) is 2. The molecule has 138 valence electrons. The van der Waals surface area contributed by atoms with Crippen LogP contribution in [0, 0.1) is 5.92 Å². The molecule has 1 heterocycles. The van der Waals surface area contributed by atoms with Gasteiger partial charge in [-0.25, -0.2) is 13.1 Å². The molecule has 0 bridgehead atoms. The van der Waals surface area contributed by atoms with Crippen LogP contribution < -0.4 is 10.0 Å². The lowest BCUT2D eigenvalue weighted by Crippen LogP contribution is -2.35. The first-order chi connectivity index (χ1) is 12.5. The van der Waals surface area contributed by atoms with E-state index in [4.69, 9.17) is 4.42 Å². The monoisotopic (exact) mass is 372 g/mol. The number of rotatable bonds is 8. The number of hydrogen-bond acceptors (Lipinski definition) is 4. The second-order valence-electron chi connectivity index (χ2n) is 6.57. The van der Waals surface area contributed by atoms with E-state index < -0.39 is 10.0 Å². The lowest BCUT2D eigenvalue weighted by Gasteiger charge is -2.20. The van der Waals surface area contributed by atoms with E-state index >= 15 is 0 Å². The molecular formula is C20H24N2O3S. The molecule has 6 heteroatoms. The maximum absolute atomic E-state index is 12.2. The third-order valence-electron chi connectivity index (χ3n) is 4.25. The summed E-state index contributed by atoms with van der Waals surface area (Å²) in [5, 5.41) is 4.47. The van der Waals surface area contributed by atoms with Crippen molar-refractivity contribution in [3.8, 4) is 0 Å². The van der Waals surface area contributed by atoms with Gasteiger partial charge in [0.25, 0.3) is 0 Å². The average molecular weight is 372 g/mol. The van der Waals surface area contributed by atoms with E-state index in [0.717, 1.165) is 16.7 Å². The van der Waals surface area contributed by atoms with Gasteiger partial charge in [-0.15, -0.1) is 0 Å². The van der Waals surface area contributed by atoms with Gasteiger partial charge in [-0.3, -0.25) is 0 Å². The topological polar surface area (TPSA) is 71.3 Å². The second-order valence-corrected chi connectivity index (χ2v) is 8.34. The minimum atomic E-state index is -3.48. The molecule has 1 atom stereocenters. The Morgan fingerprint density at radius 1 is 0.962 bits per heavy atom. The highest BCUT2D eigenvalue weighted by Gasteiger charge is 2.20. The van der Waals surface area contributed by atoms with Crippen molar-refractivity contribution in [3.05, 3.63) is 66.4 Å². The van der Waals surface area contributed by atoms with Gasteiger partial charge in [0, 0.05) is 18.5 Å². The molecule has 2 aromatic carbocycles. The van der Waals surface area contributed by atoms with Crippen LogP contribution in [0.15, 0.2) is 70.0 Å². The average Bonchev–Trinajstić information content (AvgIpc) is 3.05. The van der Waals surface area contributed by atoms with Gasteiger partial charge in [-0.1, -0.05) is 50.2 Å². The van der Waals surface area contributed by atoms with Crippen molar-refractivity contribution in [1.29, 1.82) is 0 Å². The Kier molecular flexibility index (Phi) is 5.76. The van der Waals surface area contributed by atoms with Crippen molar-refractivity contribution in [2.75, 3.05) is 13.1 Å². The number of para-hydroxylation sites is 1. The van der Waals surface area contributed by atoms with Crippen molar-refractivity contribution in [2.45, 2.75) is 24.8 Å². The van der Waals surface area contributed by atoms with Gasteiger partial charge in [-0.05, 0) is 30.2 Å². The standard InChI is InChI=1S/C20H24N2O3S/c1-15(2)20(19-14-16-8-6-7-11-18(16)25-19)21-12-13-22-26(23,24)17-9-4-3-5-10-17/h3-11,14-15,20-22H,12-13H2,1-2H3. The van der Waals surface area contributed by atoms with Crippen LogP contribution in [0.5, 0.6) is 0 Å². The molecule has 0 aliphatic carbocycles. The molecule has 0 saturated carbocycles. The van der Waals surface area contributed by atoms with Gasteiger partial charge in [0.15, 0.2) is 0 Å². The molecule has 0 amide bonds. The van der Waals surface area contributed by atoms with E-state index in [0.29, 0.717) is 19.0 Å². The Balaban J connectivity index is 1.61. The van der Waals surface area contributed by atoms with Gasteiger partial charge < -0.3 is 9.73 Å². The molecule has 2 N–H and O–H groups in total. The van der Waals surface area contributed by atoms with E-state index in [1.165, 1.54) is 0 Å². The SMILES string of the molecule is CC(C)C(NCCNS(=O)(=O)c1ccccc1)c1cc2ccccc2o1. The van der Waals surface area contributed by atoms with Crippen LogP contribution in [0.1, 0.15) is 25.6 Å². The zero-order valence-electron chi connectivity index (χ0n) is 15.0. The summed E-state index contributed by atoms with van der Waals surface area (Å²) in [4.78, 5) is 0.276. The normalized spacial score (nSPS) is 13.3. The summed E-state index contributed by atoms with van der Waals surface area (Å²) in [7, 11) is -3.48. The van der Waals surface area contributed by atoms with Crippen LogP contribution in [-0.2, 0) is 10.0 Å². The maximum atomic E-state index is 12.2. The molecular weight excluding hydrogens is 348 g/mol. The summed E-state index contributed by atoms with van der Waals surface area (Å²) >= 11 is 0. The molecule has 0 saturated heterocycles. The van der Waals surface area contributed by atoms with Crippen molar-refractivity contribution in [3.63, 3.8) is 0 Å². The van der Waals surface area contributed by atoms with Gasteiger partial charge in [0.1, 0.15) is 11.3 Å². The third-order valence-corrected chi connectivity index (χ3v) is 5.73. The van der Waals surface area contributed by atoms with Crippen LogP contribution >= 0.6 is 0 Å².